The molecule has 0 fully saturated rings. The Hall–Kier alpha value is 1.04. The number of hydrogen-bond acceptors (Lipinski definition) is 1. The first-order valence-corrected chi connectivity index (χ1v) is 13.8. The Morgan fingerprint density at radius 1 is 1.08 bits per heavy atom. The van der Waals surface area contributed by atoms with Crippen molar-refractivity contribution < 1.29 is 0 Å². The maximum atomic E-state index is 3.12. The molecule has 6 heteroatoms. The van der Waals surface area contributed by atoms with Crippen LogP contribution in [0.5, 0.6) is 0 Å². The molecule has 0 unspecified atom stereocenters. The van der Waals surface area contributed by atoms with Crippen molar-refractivity contribution in [3.8, 4) is 0 Å². The van der Waals surface area contributed by atoms with Crippen LogP contribution in [-0.4, -0.2) is 52.7 Å². The fourth-order valence-corrected chi connectivity index (χ4v) is 25.3. The van der Waals surface area contributed by atoms with Gasteiger partial charge in [0.05, 0.1) is 28.3 Å². The summed E-state index contributed by atoms with van der Waals surface area (Å²) in [7, 11) is 3.19. The highest BCUT2D eigenvalue weighted by molar-refractivity contribution is 6.77. The average Bonchev–Trinajstić information content (AvgIpc) is 2.07. The normalized spacial score (nSPS) is 14.0. The predicted octanol–water partition coefficient (Wildman–Crippen LogP) is -2.30. The molecule has 0 saturated carbocycles. The topological polar surface area (TPSA) is 3.24 Å². The third-order valence-electron chi connectivity index (χ3n) is 2.48. The summed E-state index contributed by atoms with van der Waals surface area (Å²) in [5.74, 6) is 0. The van der Waals surface area contributed by atoms with E-state index in [0.29, 0.717) is 19.4 Å². The molecule has 0 aromatic heterocycles. The Balaban J connectivity index is 3.86. The molecule has 74 valence electrons. The zero-order valence-electron chi connectivity index (χ0n) is 9.27. The molecule has 0 aliphatic rings. The van der Waals surface area contributed by atoms with E-state index < -0.39 is 0 Å². The van der Waals surface area contributed by atoms with Gasteiger partial charge in [-0.3, -0.25) is 0 Å². The van der Waals surface area contributed by atoms with E-state index in [1.54, 1.807) is 23.4 Å². The largest absolute Gasteiger partial charge is 0.380 e. The third-order valence-corrected chi connectivity index (χ3v) is 16.7. The Kier molecular flexibility index (Phi) is 9.39. The minimum atomic E-state index is -0.341. The van der Waals surface area contributed by atoms with Crippen molar-refractivity contribution in [2.45, 2.75) is 37.3 Å². The first-order chi connectivity index (χ1) is 5.79. The maximum Gasteiger partial charge on any atom is 0.0966 e. The molecule has 0 spiro atoms. The Bertz CT molecular complexity index is 91.9. The van der Waals surface area contributed by atoms with E-state index in [-0.39, 0.29) is 8.96 Å². The molecule has 1 nitrogen and oxygen atoms in total. The van der Waals surface area contributed by atoms with Gasteiger partial charge in [0, 0.05) is 20.5 Å². The third kappa shape index (κ3) is 4.92. The Labute approximate surface area is 90.0 Å². The van der Waals surface area contributed by atoms with Crippen LogP contribution >= 0.6 is 0 Å². The lowest BCUT2D eigenvalue weighted by Gasteiger charge is -2.28. The monoisotopic (exact) mass is 251 g/mol. The van der Waals surface area contributed by atoms with Gasteiger partial charge in [0.15, 0.2) is 0 Å². The van der Waals surface area contributed by atoms with Crippen molar-refractivity contribution in [1.29, 1.82) is 0 Å². The number of rotatable bonds is 7. The minimum Gasteiger partial charge on any atom is -0.380 e. The maximum absolute atomic E-state index is 3.12. The molecule has 0 radical (unpaired) electrons. The molecular weight excluding hydrogens is 227 g/mol. The summed E-state index contributed by atoms with van der Waals surface area (Å²) < 4.78 is 3.12. The van der Waals surface area contributed by atoms with Gasteiger partial charge < -0.3 is 3.90 Å². The number of hydrogen-bond donors (Lipinski definition) is 0. The highest BCUT2D eigenvalue weighted by atomic mass is 28.4. The van der Waals surface area contributed by atoms with Crippen LogP contribution in [0.2, 0.25) is 23.4 Å². The van der Waals surface area contributed by atoms with E-state index in [2.05, 4.69) is 17.7 Å². The van der Waals surface area contributed by atoms with Crippen LogP contribution in [-0.2, 0) is 0 Å². The standard InChI is InChI=1S/C6H25NSi5/c1-3-12(4-2)7(10-5-8)11-6-9/h12H,3-6,10-11H2,1-2,8-9H3. The molecule has 0 heterocycles. The molecule has 0 atom stereocenters. The quantitative estimate of drug-likeness (QED) is 0.460. The van der Waals surface area contributed by atoms with Crippen LogP contribution in [0.25, 0.3) is 0 Å². The van der Waals surface area contributed by atoms with Crippen LogP contribution in [0, 0.1) is 0 Å². The second-order valence-electron chi connectivity index (χ2n) is 3.51. The highest BCUT2D eigenvalue weighted by Gasteiger charge is 2.13. The molecule has 0 aromatic rings. The molecule has 0 N–H and O–H groups in total. The second kappa shape index (κ2) is 8.63. The molecule has 12 heavy (non-hydrogen) atoms. The van der Waals surface area contributed by atoms with Crippen molar-refractivity contribution in [2.24, 2.45) is 0 Å². The first-order valence-electron chi connectivity index (χ1n) is 5.54. The summed E-state index contributed by atoms with van der Waals surface area (Å²) in [5, 5.41) is 0. The summed E-state index contributed by atoms with van der Waals surface area (Å²) in [6.45, 7) is 4.85. The molecule has 0 amide bonds. The highest BCUT2D eigenvalue weighted by Crippen LogP contribution is 2.04. The number of nitrogens with zero attached hydrogens (tertiary/aromatic N) is 1. The van der Waals surface area contributed by atoms with Crippen LogP contribution in [0.15, 0.2) is 0 Å². The zero-order chi connectivity index (χ0) is 9.40. The van der Waals surface area contributed by atoms with Gasteiger partial charge in [-0.25, -0.2) is 0 Å². The van der Waals surface area contributed by atoms with Crippen molar-refractivity contribution in [1.82, 2.24) is 3.90 Å². The SMILES string of the molecule is CC[SiH](CC)N([SiH2]C[SiH3])[SiH2]C[SiH3]. The molecule has 0 aliphatic heterocycles. The summed E-state index contributed by atoms with van der Waals surface area (Å²) in [6.07, 6.45) is 0. The van der Waals surface area contributed by atoms with Crippen molar-refractivity contribution in [2.75, 3.05) is 0 Å². The van der Waals surface area contributed by atoms with Crippen molar-refractivity contribution in [3.05, 3.63) is 0 Å². The Morgan fingerprint density at radius 2 is 1.50 bits per heavy atom. The van der Waals surface area contributed by atoms with E-state index in [4.69, 9.17) is 0 Å². The van der Waals surface area contributed by atoms with Crippen LogP contribution in [0.1, 0.15) is 13.8 Å². The van der Waals surface area contributed by atoms with Gasteiger partial charge >= 0.3 is 0 Å². The molecule has 0 saturated heterocycles. The second-order valence-corrected chi connectivity index (χ2v) is 20.1. The van der Waals surface area contributed by atoms with Crippen molar-refractivity contribution >= 4 is 48.8 Å². The van der Waals surface area contributed by atoms with Gasteiger partial charge in [-0.15, -0.1) is 0 Å². The van der Waals surface area contributed by atoms with Gasteiger partial charge in [0.2, 0.25) is 0 Å². The first kappa shape index (κ1) is 13.0. The fourth-order valence-electron chi connectivity index (χ4n) is 1.86. The van der Waals surface area contributed by atoms with Crippen LogP contribution in [0.4, 0.5) is 0 Å². The lowest BCUT2D eigenvalue weighted by molar-refractivity contribution is 0.996. The molecule has 0 rings (SSSR count). The van der Waals surface area contributed by atoms with E-state index >= 15 is 0 Å². The van der Waals surface area contributed by atoms with Gasteiger partial charge in [-0.1, -0.05) is 37.3 Å². The average molecular weight is 252 g/mol. The van der Waals surface area contributed by atoms with E-state index in [1.807, 2.05) is 0 Å². The van der Waals surface area contributed by atoms with E-state index in [1.165, 1.54) is 20.5 Å². The lowest BCUT2D eigenvalue weighted by atomic mass is 10.9. The summed E-state index contributed by atoms with van der Waals surface area (Å²) >= 11 is 0. The van der Waals surface area contributed by atoms with Gasteiger partial charge in [-0.05, 0) is 0 Å². The lowest BCUT2D eigenvalue weighted by Crippen LogP contribution is -2.43. The van der Waals surface area contributed by atoms with E-state index in [0.717, 1.165) is 0 Å². The molecule has 0 bridgehead atoms. The van der Waals surface area contributed by atoms with E-state index in [9.17, 15) is 0 Å². The predicted molar refractivity (Wildman–Crippen MR) is 76.5 cm³/mol. The molecule has 0 aromatic carbocycles. The van der Waals surface area contributed by atoms with Crippen LogP contribution in [0.3, 0.4) is 0 Å². The van der Waals surface area contributed by atoms with Gasteiger partial charge in [-0.2, -0.15) is 0 Å². The van der Waals surface area contributed by atoms with Gasteiger partial charge in [0.1, 0.15) is 0 Å². The van der Waals surface area contributed by atoms with Gasteiger partial charge in [0.25, 0.3) is 0 Å². The summed E-state index contributed by atoms with van der Waals surface area (Å²) in [5.41, 5.74) is 3.30. The zero-order valence-corrected chi connectivity index (χ0v) is 17.3. The molecular formula is C6H25NSi5. The fraction of sp³-hybridized carbons (Fsp3) is 1.00. The Morgan fingerprint density at radius 3 is 1.75 bits per heavy atom. The smallest absolute Gasteiger partial charge is 0.0966 e. The van der Waals surface area contributed by atoms with Crippen LogP contribution < -0.4 is 0 Å². The minimum absolute atomic E-state index is 0.296. The summed E-state index contributed by atoms with van der Waals surface area (Å²) in [4.78, 5) is 0. The molecule has 0 aliphatic carbocycles. The van der Waals surface area contributed by atoms with Crippen molar-refractivity contribution in [3.63, 3.8) is 0 Å². The summed E-state index contributed by atoms with van der Waals surface area (Å²) in [6, 6.07) is 3.08.